The molecule has 9 nitrogen and oxygen atoms in total. The van der Waals surface area contributed by atoms with Crippen LogP contribution in [0.25, 0.3) is 11.3 Å². The summed E-state index contributed by atoms with van der Waals surface area (Å²) in [5.41, 5.74) is 2.65. The Bertz CT molecular complexity index is 1120. The van der Waals surface area contributed by atoms with Gasteiger partial charge in [0.2, 0.25) is 0 Å². The number of thiazole rings is 1. The number of anilines is 1. The van der Waals surface area contributed by atoms with Crippen molar-refractivity contribution in [3.05, 3.63) is 78.2 Å². The topological polar surface area (TPSA) is 128 Å². The molecular weight excluding hydrogens is 396 g/mol. The molecule has 2 aromatic carbocycles. The zero-order chi connectivity index (χ0) is 21.3. The van der Waals surface area contributed by atoms with E-state index in [1.165, 1.54) is 11.3 Å². The molecule has 0 fully saturated rings. The summed E-state index contributed by atoms with van der Waals surface area (Å²) in [6.07, 6.45) is 0. The molecule has 29 heavy (non-hydrogen) atoms. The van der Waals surface area contributed by atoms with Crippen LogP contribution in [0.1, 0.15) is 26.4 Å². The number of amides is 1. The van der Waals surface area contributed by atoms with Crippen LogP contribution in [0.4, 0.5) is 16.5 Å². The second-order valence-corrected chi connectivity index (χ2v) is 7.63. The Kier molecular flexibility index (Phi) is 5.37. The van der Waals surface area contributed by atoms with Crippen LogP contribution in [-0.4, -0.2) is 20.7 Å². The highest BCUT2D eigenvalue weighted by atomic mass is 32.1. The van der Waals surface area contributed by atoms with Gasteiger partial charge in [-0.3, -0.25) is 30.3 Å². The van der Waals surface area contributed by atoms with E-state index in [1.807, 2.05) is 39.0 Å². The first kappa shape index (κ1) is 20.1. The van der Waals surface area contributed by atoms with E-state index in [9.17, 15) is 25.0 Å². The number of rotatable bonds is 5. The lowest BCUT2D eigenvalue weighted by Crippen LogP contribution is -2.12. The number of aromatic nitrogens is 1. The SMILES string of the molecule is Cc1ccc(-c2nc(NC(=O)c3cc([N+](=O)[O-])cc([N+](=O)[O-])c3)sc2C)cc1C. The number of aryl methyl sites for hydroxylation is 3. The van der Waals surface area contributed by atoms with Crippen LogP contribution in [0, 0.1) is 41.0 Å². The summed E-state index contributed by atoms with van der Waals surface area (Å²) in [6, 6.07) is 8.74. The van der Waals surface area contributed by atoms with E-state index in [1.54, 1.807) is 0 Å². The minimum atomic E-state index is -0.783. The van der Waals surface area contributed by atoms with Crippen LogP contribution in [0.2, 0.25) is 0 Å². The number of nitrogens with one attached hydrogen (secondary N) is 1. The zero-order valence-electron chi connectivity index (χ0n) is 15.8. The molecule has 3 rings (SSSR count). The second kappa shape index (κ2) is 7.76. The lowest BCUT2D eigenvalue weighted by molar-refractivity contribution is -0.394. The van der Waals surface area contributed by atoms with Gasteiger partial charge in [0.1, 0.15) is 0 Å². The first-order valence-electron chi connectivity index (χ1n) is 8.46. The van der Waals surface area contributed by atoms with Gasteiger partial charge in [-0.05, 0) is 38.0 Å². The Morgan fingerprint density at radius 3 is 2.14 bits per heavy atom. The van der Waals surface area contributed by atoms with Crippen LogP contribution in [0.15, 0.2) is 36.4 Å². The summed E-state index contributed by atoms with van der Waals surface area (Å²) < 4.78 is 0. The first-order chi connectivity index (χ1) is 13.7. The minimum Gasteiger partial charge on any atom is -0.298 e. The molecule has 0 saturated carbocycles. The molecule has 3 aromatic rings. The number of nitro groups is 2. The number of carbonyl (C=O) groups is 1. The van der Waals surface area contributed by atoms with Crippen molar-refractivity contribution in [2.75, 3.05) is 5.32 Å². The lowest BCUT2D eigenvalue weighted by Gasteiger charge is -2.04. The predicted octanol–water partition coefficient (Wildman–Crippen LogP) is 4.80. The summed E-state index contributed by atoms with van der Waals surface area (Å²) in [4.78, 5) is 38.3. The van der Waals surface area contributed by atoms with Gasteiger partial charge in [-0.2, -0.15) is 0 Å². The van der Waals surface area contributed by atoms with Crippen molar-refractivity contribution in [1.29, 1.82) is 0 Å². The third-order valence-corrected chi connectivity index (χ3v) is 5.27. The molecule has 1 amide bonds. The standard InChI is InChI=1S/C19H16N4O5S/c1-10-4-5-13(6-11(10)2)17-12(3)29-19(20-17)21-18(24)14-7-15(22(25)26)9-16(8-14)23(27)28/h4-9H,1-3H3,(H,20,21,24). The van der Waals surface area contributed by atoms with Gasteiger partial charge in [-0.1, -0.05) is 12.1 Å². The van der Waals surface area contributed by atoms with Crippen LogP contribution >= 0.6 is 11.3 Å². The maximum Gasteiger partial charge on any atom is 0.277 e. The van der Waals surface area contributed by atoms with Crippen molar-refractivity contribution in [2.24, 2.45) is 0 Å². The lowest BCUT2D eigenvalue weighted by atomic mass is 10.0. The van der Waals surface area contributed by atoms with Crippen LogP contribution < -0.4 is 5.32 Å². The van der Waals surface area contributed by atoms with E-state index >= 15 is 0 Å². The maximum atomic E-state index is 12.5. The van der Waals surface area contributed by atoms with Crippen LogP contribution in [0.5, 0.6) is 0 Å². The molecule has 0 spiro atoms. The number of hydrogen-bond donors (Lipinski definition) is 1. The smallest absolute Gasteiger partial charge is 0.277 e. The van der Waals surface area contributed by atoms with Gasteiger partial charge in [-0.15, -0.1) is 11.3 Å². The van der Waals surface area contributed by atoms with Crippen molar-refractivity contribution >= 4 is 33.8 Å². The molecular formula is C19H16N4O5S. The normalized spacial score (nSPS) is 10.6. The Morgan fingerprint density at radius 2 is 1.59 bits per heavy atom. The molecule has 10 heteroatoms. The summed E-state index contributed by atoms with van der Waals surface area (Å²) in [5.74, 6) is -0.711. The summed E-state index contributed by atoms with van der Waals surface area (Å²) in [5, 5.41) is 24.9. The number of hydrogen-bond acceptors (Lipinski definition) is 7. The maximum absolute atomic E-state index is 12.5. The molecule has 0 saturated heterocycles. The molecule has 0 aliphatic rings. The van der Waals surface area contributed by atoms with E-state index in [2.05, 4.69) is 10.3 Å². The van der Waals surface area contributed by atoms with E-state index in [-0.39, 0.29) is 5.56 Å². The monoisotopic (exact) mass is 412 g/mol. The average molecular weight is 412 g/mol. The average Bonchev–Trinajstić information content (AvgIpc) is 3.03. The van der Waals surface area contributed by atoms with Gasteiger partial charge < -0.3 is 0 Å². The van der Waals surface area contributed by atoms with Gasteiger partial charge in [0.25, 0.3) is 17.3 Å². The molecule has 1 heterocycles. The molecule has 0 aliphatic heterocycles. The second-order valence-electron chi connectivity index (χ2n) is 6.43. The Hall–Kier alpha value is -3.66. The molecule has 148 valence electrons. The van der Waals surface area contributed by atoms with Crippen molar-refractivity contribution in [1.82, 2.24) is 4.98 Å². The number of nitro benzene ring substituents is 2. The molecule has 0 bridgehead atoms. The zero-order valence-corrected chi connectivity index (χ0v) is 16.6. The Morgan fingerprint density at radius 1 is 0.966 bits per heavy atom. The number of non-ortho nitro benzene ring substituents is 2. The van der Waals surface area contributed by atoms with E-state index in [0.29, 0.717) is 5.13 Å². The fraction of sp³-hybridized carbons (Fsp3) is 0.158. The van der Waals surface area contributed by atoms with E-state index in [0.717, 1.165) is 45.5 Å². The van der Waals surface area contributed by atoms with Gasteiger partial charge in [0.05, 0.1) is 27.2 Å². The van der Waals surface area contributed by atoms with E-state index in [4.69, 9.17) is 0 Å². The van der Waals surface area contributed by atoms with Crippen LogP contribution in [0.3, 0.4) is 0 Å². The molecule has 1 aromatic heterocycles. The summed E-state index contributed by atoms with van der Waals surface area (Å²) in [6.45, 7) is 5.88. The minimum absolute atomic E-state index is 0.188. The number of nitrogens with zero attached hydrogens (tertiary/aromatic N) is 3. The fourth-order valence-electron chi connectivity index (χ4n) is 2.71. The Balaban J connectivity index is 1.91. The van der Waals surface area contributed by atoms with Crippen molar-refractivity contribution in [3.63, 3.8) is 0 Å². The highest BCUT2D eigenvalue weighted by Gasteiger charge is 2.21. The molecule has 1 N–H and O–H groups in total. The third-order valence-electron chi connectivity index (χ3n) is 4.38. The molecule has 0 atom stereocenters. The largest absolute Gasteiger partial charge is 0.298 e. The van der Waals surface area contributed by atoms with Gasteiger partial charge in [-0.25, -0.2) is 4.98 Å². The van der Waals surface area contributed by atoms with Gasteiger partial charge >= 0.3 is 0 Å². The number of benzene rings is 2. The summed E-state index contributed by atoms with van der Waals surface area (Å²) in [7, 11) is 0. The molecule has 0 unspecified atom stereocenters. The number of carbonyl (C=O) groups excluding carboxylic acids is 1. The summed E-state index contributed by atoms with van der Waals surface area (Å²) >= 11 is 1.25. The van der Waals surface area contributed by atoms with Crippen molar-refractivity contribution < 1.29 is 14.6 Å². The third kappa shape index (κ3) is 4.27. The first-order valence-corrected chi connectivity index (χ1v) is 9.27. The Labute approximate surface area is 169 Å². The van der Waals surface area contributed by atoms with Gasteiger partial charge in [0.15, 0.2) is 5.13 Å². The van der Waals surface area contributed by atoms with Crippen molar-refractivity contribution in [3.8, 4) is 11.3 Å². The predicted molar refractivity (Wildman–Crippen MR) is 109 cm³/mol. The molecule has 0 radical (unpaired) electrons. The fourth-order valence-corrected chi connectivity index (χ4v) is 3.54. The quantitative estimate of drug-likeness (QED) is 0.473. The highest BCUT2D eigenvalue weighted by Crippen LogP contribution is 2.32. The highest BCUT2D eigenvalue weighted by molar-refractivity contribution is 7.16. The van der Waals surface area contributed by atoms with Crippen LogP contribution in [-0.2, 0) is 0 Å². The van der Waals surface area contributed by atoms with Crippen molar-refractivity contribution in [2.45, 2.75) is 20.8 Å². The van der Waals surface area contributed by atoms with Gasteiger partial charge in [0, 0.05) is 22.6 Å². The molecule has 0 aliphatic carbocycles. The van der Waals surface area contributed by atoms with E-state index < -0.39 is 27.1 Å².